The molecule has 7 atom stereocenters. The van der Waals surface area contributed by atoms with Gasteiger partial charge in [-0.25, -0.2) is 0 Å². The van der Waals surface area contributed by atoms with Crippen LogP contribution in [0.25, 0.3) is 0 Å². The Morgan fingerprint density at radius 2 is 1.21 bits per heavy atom. The molecule has 0 aromatic heterocycles. The summed E-state index contributed by atoms with van der Waals surface area (Å²) in [7, 11) is 4.47. The minimum absolute atomic E-state index is 0.877. The minimum atomic E-state index is 0.877. The van der Waals surface area contributed by atoms with E-state index in [1.54, 1.807) is 0 Å². The molecule has 7 unspecified atom stereocenters. The number of hydrogen-bond acceptors (Lipinski definition) is 1. The van der Waals surface area contributed by atoms with E-state index < -0.39 is 0 Å². The van der Waals surface area contributed by atoms with Crippen molar-refractivity contribution in [3.8, 4) is 0 Å². The maximum atomic E-state index is 2.54. The maximum absolute atomic E-state index is 2.54. The van der Waals surface area contributed by atoms with Crippen LogP contribution in [0.1, 0.15) is 144 Å². The van der Waals surface area contributed by atoms with Gasteiger partial charge in [0.2, 0.25) is 0 Å². The van der Waals surface area contributed by atoms with E-state index >= 15 is 0 Å². The molecule has 1 aliphatic rings. The monoisotopic (exact) mass is 464 g/mol. The molecule has 0 radical (unpaired) electrons. The molecule has 0 N–H and O–H groups in total. The van der Waals surface area contributed by atoms with Gasteiger partial charge in [0.25, 0.3) is 0 Å². The third kappa shape index (κ3) is 13.6. The Hall–Kier alpha value is -0.0400. The highest BCUT2D eigenvalue weighted by molar-refractivity contribution is 4.82. The molecule has 0 saturated heterocycles. The molecular formula is C32H65N. The largest absolute Gasteiger partial charge is 0.309 e. The lowest BCUT2D eigenvalue weighted by atomic mass is 9.68. The van der Waals surface area contributed by atoms with Crippen LogP contribution in [-0.4, -0.2) is 25.5 Å². The maximum Gasteiger partial charge on any atom is -0.00223 e. The summed E-state index contributed by atoms with van der Waals surface area (Å²) in [4.78, 5) is 2.38. The van der Waals surface area contributed by atoms with Gasteiger partial charge < -0.3 is 4.90 Å². The van der Waals surface area contributed by atoms with Gasteiger partial charge in [-0.2, -0.15) is 0 Å². The average molecular weight is 464 g/mol. The Balaban J connectivity index is 2.83. The molecule has 1 heteroatoms. The van der Waals surface area contributed by atoms with Crippen LogP contribution in [0.5, 0.6) is 0 Å². The Morgan fingerprint density at radius 3 is 1.79 bits per heavy atom. The number of nitrogens with zero attached hydrogens (tertiary/aromatic N) is 1. The first kappa shape index (κ1) is 31.0. The number of rotatable bonds is 17. The van der Waals surface area contributed by atoms with Crippen LogP contribution in [-0.2, 0) is 0 Å². The first-order valence-electron chi connectivity index (χ1n) is 15.4. The summed E-state index contributed by atoms with van der Waals surface area (Å²) >= 11 is 0. The van der Waals surface area contributed by atoms with E-state index in [0.717, 1.165) is 41.4 Å². The summed E-state index contributed by atoms with van der Waals surface area (Å²) < 4.78 is 0. The van der Waals surface area contributed by atoms with Crippen molar-refractivity contribution in [3.05, 3.63) is 0 Å². The van der Waals surface area contributed by atoms with Crippen molar-refractivity contribution in [1.29, 1.82) is 0 Å². The second-order valence-corrected chi connectivity index (χ2v) is 12.8. The second-order valence-electron chi connectivity index (χ2n) is 12.8. The summed E-state index contributed by atoms with van der Waals surface area (Å²) in [6.07, 6.45) is 23.4. The standard InChI is InChI=1S/C32H65N/c1-9-13-27(5)17-18-31-20-19-29(14-10-2)30(16-12-15-26(4)11-3)21-22-32(31)25-28(6)23-24-33(7)8/h26-32H,9-25H2,1-8H3. The summed E-state index contributed by atoms with van der Waals surface area (Å²) in [5.74, 6) is 6.71. The van der Waals surface area contributed by atoms with Crippen molar-refractivity contribution in [2.75, 3.05) is 20.6 Å². The van der Waals surface area contributed by atoms with Crippen LogP contribution < -0.4 is 0 Å². The molecule has 1 aliphatic carbocycles. The van der Waals surface area contributed by atoms with Crippen molar-refractivity contribution in [2.45, 2.75) is 144 Å². The fourth-order valence-corrected chi connectivity index (χ4v) is 6.80. The van der Waals surface area contributed by atoms with Gasteiger partial charge in [0.05, 0.1) is 0 Å². The molecule has 0 aliphatic heterocycles. The Labute approximate surface area is 211 Å². The lowest BCUT2D eigenvalue weighted by Crippen LogP contribution is -2.27. The van der Waals surface area contributed by atoms with Crippen LogP contribution in [0.3, 0.4) is 0 Å². The molecule has 0 amide bonds. The van der Waals surface area contributed by atoms with Crippen molar-refractivity contribution < 1.29 is 0 Å². The van der Waals surface area contributed by atoms with Gasteiger partial charge in [0, 0.05) is 0 Å². The Bertz CT molecular complexity index is 444. The lowest BCUT2D eigenvalue weighted by Gasteiger charge is -2.38. The second kappa shape index (κ2) is 18.3. The highest BCUT2D eigenvalue weighted by atomic mass is 15.0. The van der Waals surface area contributed by atoms with Crippen molar-refractivity contribution >= 4 is 0 Å². The van der Waals surface area contributed by atoms with Crippen LogP contribution in [0.15, 0.2) is 0 Å². The highest BCUT2D eigenvalue weighted by Gasteiger charge is 2.31. The van der Waals surface area contributed by atoms with Crippen LogP contribution in [0, 0.1) is 41.4 Å². The van der Waals surface area contributed by atoms with Crippen molar-refractivity contribution in [3.63, 3.8) is 0 Å². The third-order valence-corrected chi connectivity index (χ3v) is 9.36. The van der Waals surface area contributed by atoms with Crippen LogP contribution >= 0.6 is 0 Å². The van der Waals surface area contributed by atoms with Gasteiger partial charge in [0.1, 0.15) is 0 Å². The van der Waals surface area contributed by atoms with E-state index in [0.29, 0.717) is 0 Å². The summed E-state index contributed by atoms with van der Waals surface area (Å²) in [6.45, 7) is 15.9. The molecular weight excluding hydrogens is 398 g/mol. The minimum Gasteiger partial charge on any atom is -0.309 e. The Kier molecular flexibility index (Phi) is 17.1. The quantitative estimate of drug-likeness (QED) is 0.207. The first-order chi connectivity index (χ1) is 15.8. The molecule has 1 fully saturated rings. The molecule has 0 spiro atoms. The molecule has 0 bridgehead atoms. The van der Waals surface area contributed by atoms with Gasteiger partial charge in [-0.1, -0.05) is 99.3 Å². The highest BCUT2D eigenvalue weighted by Crippen LogP contribution is 2.42. The van der Waals surface area contributed by atoms with E-state index in [4.69, 9.17) is 0 Å². The molecule has 1 saturated carbocycles. The third-order valence-electron chi connectivity index (χ3n) is 9.36. The molecule has 1 nitrogen and oxygen atoms in total. The summed E-state index contributed by atoms with van der Waals surface area (Å²) in [5.41, 5.74) is 0. The molecule has 1 rings (SSSR count). The number of hydrogen-bond donors (Lipinski definition) is 0. The van der Waals surface area contributed by atoms with E-state index in [-0.39, 0.29) is 0 Å². The van der Waals surface area contributed by atoms with E-state index in [9.17, 15) is 0 Å². The topological polar surface area (TPSA) is 3.24 Å². The molecule has 33 heavy (non-hydrogen) atoms. The summed E-state index contributed by atoms with van der Waals surface area (Å²) in [5, 5.41) is 0. The van der Waals surface area contributed by atoms with Crippen LogP contribution in [0.2, 0.25) is 0 Å². The molecule has 0 heterocycles. The van der Waals surface area contributed by atoms with E-state index in [1.807, 2.05) is 0 Å². The molecule has 198 valence electrons. The SMILES string of the molecule is CCCC(C)CCC1CCC(CCC)C(CCCC(C)CC)CCC1CC(C)CCN(C)C. The normalized spacial score (nSPS) is 27.2. The average Bonchev–Trinajstić information content (AvgIpc) is 2.77. The first-order valence-corrected chi connectivity index (χ1v) is 15.4. The molecule has 0 aromatic rings. The van der Waals surface area contributed by atoms with Gasteiger partial charge in [-0.05, 0) is 107 Å². The van der Waals surface area contributed by atoms with Gasteiger partial charge in [-0.3, -0.25) is 0 Å². The fraction of sp³-hybridized carbons (Fsp3) is 1.00. The smallest absolute Gasteiger partial charge is 0.00223 e. The zero-order valence-corrected chi connectivity index (χ0v) is 24.5. The predicted octanol–water partition coefficient (Wildman–Crippen LogP) is 10.2. The predicted molar refractivity (Wildman–Crippen MR) is 151 cm³/mol. The Morgan fingerprint density at radius 1 is 0.606 bits per heavy atom. The van der Waals surface area contributed by atoms with Gasteiger partial charge in [0.15, 0.2) is 0 Å². The van der Waals surface area contributed by atoms with Gasteiger partial charge >= 0.3 is 0 Å². The lowest BCUT2D eigenvalue weighted by molar-refractivity contribution is 0.133. The van der Waals surface area contributed by atoms with Crippen LogP contribution in [0.4, 0.5) is 0 Å². The zero-order valence-electron chi connectivity index (χ0n) is 24.5. The van der Waals surface area contributed by atoms with Crippen molar-refractivity contribution in [1.82, 2.24) is 4.90 Å². The zero-order chi connectivity index (χ0) is 24.6. The molecule has 0 aromatic carbocycles. The van der Waals surface area contributed by atoms with E-state index in [2.05, 4.69) is 60.5 Å². The van der Waals surface area contributed by atoms with Gasteiger partial charge in [-0.15, -0.1) is 0 Å². The summed E-state index contributed by atoms with van der Waals surface area (Å²) in [6, 6.07) is 0. The van der Waals surface area contributed by atoms with Crippen molar-refractivity contribution in [2.24, 2.45) is 41.4 Å². The van der Waals surface area contributed by atoms with E-state index in [1.165, 1.54) is 109 Å². The fourth-order valence-electron chi connectivity index (χ4n) is 6.80.